The Balaban J connectivity index is 3.00. The quantitative estimate of drug-likeness (QED) is 0.555. The van der Waals surface area contributed by atoms with Gasteiger partial charge in [-0.25, -0.2) is 4.39 Å². The molecule has 1 aromatic carbocycles. The zero-order valence-electron chi connectivity index (χ0n) is 5.76. The predicted molar refractivity (Wildman–Crippen MR) is 39.8 cm³/mol. The van der Waals surface area contributed by atoms with Gasteiger partial charge in [-0.2, -0.15) is 0 Å². The minimum absolute atomic E-state index is 0.231. The molecule has 10 heavy (non-hydrogen) atoms. The van der Waals surface area contributed by atoms with Crippen LogP contribution < -0.4 is 0 Å². The molecule has 1 aromatic rings. The number of allylic oxidation sites excluding steroid dienone is 1. The lowest BCUT2D eigenvalue weighted by atomic mass is 10.1. The highest BCUT2D eigenvalue weighted by Crippen LogP contribution is 2.10. The van der Waals surface area contributed by atoms with Gasteiger partial charge in [-0.1, -0.05) is 18.7 Å². The highest BCUT2D eigenvalue weighted by molar-refractivity contribution is 5.59. The Morgan fingerprint density at radius 2 is 1.80 bits per heavy atom. The number of hydrogen-bond donors (Lipinski definition) is 0. The third-order valence-electron chi connectivity index (χ3n) is 1.30. The summed E-state index contributed by atoms with van der Waals surface area (Å²) in [5.41, 5.74) is 1.58. The summed E-state index contributed by atoms with van der Waals surface area (Å²) in [6.45, 7) is 7.24. The van der Waals surface area contributed by atoms with Crippen molar-refractivity contribution >= 4 is 5.57 Å². The lowest BCUT2D eigenvalue weighted by Gasteiger charge is -1.96. The third-order valence-corrected chi connectivity index (χ3v) is 1.30. The van der Waals surface area contributed by atoms with Crippen molar-refractivity contribution in [1.82, 2.24) is 0 Å². The maximum atomic E-state index is 12.3. The van der Waals surface area contributed by atoms with Gasteiger partial charge in [0.15, 0.2) is 0 Å². The second-order valence-corrected chi connectivity index (χ2v) is 2.19. The van der Waals surface area contributed by atoms with E-state index in [2.05, 4.69) is 0 Å². The number of hydrogen-bond acceptors (Lipinski definition) is 0. The van der Waals surface area contributed by atoms with Gasteiger partial charge < -0.3 is 0 Å². The van der Waals surface area contributed by atoms with Crippen LogP contribution in [0.1, 0.15) is 12.5 Å². The van der Waals surface area contributed by atoms with Crippen LogP contribution in [0.2, 0.25) is 0 Å². The summed E-state index contributed by atoms with van der Waals surface area (Å²) in [5, 5.41) is 0. The van der Waals surface area contributed by atoms with E-state index in [9.17, 15) is 4.39 Å². The average molecular weight is 135 g/mol. The van der Waals surface area contributed by atoms with Crippen LogP contribution in [0, 0.1) is 12.4 Å². The highest BCUT2D eigenvalue weighted by atomic mass is 19.1. The molecule has 0 fully saturated rings. The van der Waals surface area contributed by atoms with Crippen LogP contribution >= 0.6 is 0 Å². The SMILES string of the molecule is [CH]=C(C)c1ccc(F)cc1. The summed E-state index contributed by atoms with van der Waals surface area (Å²) in [6.07, 6.45) is 0. The molecule has 0 nitrogen and oxygen atoms in total. The predicted octanol–water partition coefficient (Wildman–Crippen LogP) is 2.66. The Morgan fingerprint density at radius 1 is 1.30 bits per heavy atom. The van der Waals surface area contributed by atoms with Gasteiger partial charge >= 0.3 is 0 Å². The molecule has 0 spiro atoms. The first-order valence-electron chi connectivity index (χ1n) is 3.05. The molecular weight excluding hydrogens is 127 g/mol. The van der Waals surface area contributed by atoms with Gasteiger partial charge in [-0.15, -0.1) is 0 Å². The van der Waals surface area contributed by atoms with Crippen molar-refractivity contribution < 1.29 is 4.39 Å². The molecule has 0 aromatic heterocycles. The van der Waals surface area contributed by atoms with Crippen LogP contribution in [-0.4, -0.2) is 0 Å². The normalized spacial score (nSPS) is 9.40. The molecule has 0 aliphatic carbocycles. The first kappa shape index (κ1) is 7.00. The second kappa shape index (κ2) is 2.65. The number of benzene rings is 1. The van der Waals surface area contributed by atoms with Crippen LogP contribution in [0.25, 0.3) is 5.57 Å². The molecule has 1 rings (SSSR count). The third kappa shape index (κ3) is 1.44. The molecule has 0 bridgehead atoms. The highest BCUT2D eigenvalue weighted by Gasteiger charge is 1.91. The van der Waals surface area contributed by atoms with Crippen molar-refractivity contribution in [1.29, 1.82) is 0 Å². The minimum Gasteiger partial charge on any atom is -0.207 e. The summed E-state index contributed by atoms with van der Waals surface area (Å²) < 4.78 is 12.3. The standard InChI is InChI=1S/C9H8F/c1-7(2)8-3-5-9(10)6-4-8/h1,3-6H,2H3. The van der Waals surface area contributed by atoms with E-state index >= 15 is 0 Å². The van der Waals surface area contributed by atoms with Crippen LogP contribution in [0.5, 0.6) is 0 Å². The van der Waals surface area contributed by atoms with Crippen LogP contribution in [0.15, 0.2) is 24.3 Å². The Bertz CT molecular complexity index is 233. The Kier molecular flexibility index (Phi) is 1.86. The van der Waals surface area contributed by atoms with Crippen molar-refractivity contribution in [2.75, 3.05) is 0 Å². The van der Waals surface area contributed by atoms with E-state index in [1.165, 1.54) is 12.1 Å². The van der Waals surface area contributed by atoms with Gasteiger partial charge in [0.25, 0.3) is 0 Å². The molecule has 1 heteroatoms. The van der Waals surface area contributed by atoms with Gasteiger partial charge in [-0.3, -0.25) is 0 Å². The zero-order valence-corrected chi connectivity index (χ0v) is 5.76. The summed E-state index contributed by atoms with van der Waals surface area (Å²) in [5.74, 6) is -0.231. The van der Waals surface area contributed by atoms with E-state index in [0.717, 1.165) is 5.56 Å². The van der Waals surface area contributed by atoms with Crippen molar-refractivity contribution in [3.8, 4) is 0 Å². The number of rotatable bonds is 1. The summed E-state index contributed by atoms with van der Waals surface area (Å²) in [4.78, 5) is 0. The van der Waals surface area contributed by atoms with Gasteiger partial charge in [0.2, 0.25) is 0 Å². The first-order chi connectivity index (χ1) is 4.70. The van der Waals surface area contributed by atoms with E-state index in [-0.39, 0.29) is 5.82 Å². The summed E-state index contributed by atoms with van der Waals surface area (Å²) in [7, 11) is 0. The molecule has 0 aliphatic rings. The fourth-order valence-corrected chi connectivity index (χ4v) is 0.713. The van der Waals surface area contributed by atoms with Crippen LogP contribution in [-0.2, 0) is 0 Å². The molecule has 0 atom stereocenters. The molecule has 0 heterocycles. The van der Waals surface area contributed by atoms with E-state index in [0.29, 0.717) is 5.57 Å². The fraction of sp³-hybridized carbons (Fsp3) is 0.111. The summed E-state index contributed by atoms with van der Waals surface area (Å²) in [6, 6.07) is 6.10. The maximum absolute atomic E-state index is 12.3. The second-order valence-electron chi connectivity index (χ2n) is 2.19. The topological polar surface area (TPSA) is 0 Å². The van der Waals surface area contributed by atoms with Crippen LogP contribution in [0.4, 0.5) is 4.39 Å². The summed E-state index contributed by atoms with van der Waals surface area (Å²) >= 11 is 0. The van der Waals surface area contributed by atoms with Crippen molar-refractivity contribution in [2.24, 2.45) is 0 Å². The molecule has 0 unspecified atom stereocenters. The number of halogens is 1. The smallest absolute Gasteiger partial charge is 0.123 e. The fourth-order valence-electron chi connectivity index (χ4n) is 0.713. The molecule has 51 valence electrons. The van der Waals surface area contributed by atoms with Crippen molar-refractivity contribution in [3.05, 3.63) is 42.2 Å². The molecule has 1 radical (unpaired) electrons. The molecule has 0 saturated carbocycles. The Labute approximate surface area is 60.0 Å². The molecule has 0 amide bonds. The lowest BCUT2D eigenvalue weighted by Crippen LogP contribution is -1.77. The van der Waals surface area contributed by atoms with Gasteiger partial charge in [0, 0.05) is 0 Å². The molecular formula is C9H8F. The van der Waals surface area contributed by atoms with Gasteiger partial charge in [0.05, 0.1) is 0 Å². The molecule has 0 saturated heterocycles. The minimum atomic E-state index is -0.231. The first-order valence-corrected chi connectivity index (χ1v) is 3.05. The monoisotopic (exact) mass is 135 g/mol. The zero-order chi connectivity index (χ0) is 7.56. The molecule has 0 aliphatic heterocycles. The average Bonchev–Trinajstić information content (AvgIpc) is 1.88. The lowest BCUT2D eigenvalue weighted by molar-refractivity contribution is 0.627. The van der Waals surface area contributed by atoms with Gasteiger partial charge in [-0.05, 0) is 30.2 Å². The van der Waals surface area contributed by atoms with Crippen molar-refractivity contribution in [2.45, 2.75) is 6.92 Å². The van der Waals surface area contributed by atoms with Gasteiger partial charge in [0.1, 0.15) is 5.82 Å². The van der Waals surface area contributed by atoms with E-state index in [4.69, 9.17) is 6.58 Å². The maximum Gasteiger partial charge on any atom is 0.123 e. The molecule has 0 N–H and O–H groups in total. The Hall–Kier alpha value is -1.11. The van der Waals surface area contributed by atoms with Crippen molar-refractivity contribution in [3.63, 3.8) is 0 Å². The largest absolute Gasteiger partial charge is 0.207 e. The van der Waals surface area contributed by atoms with E-state index < -0.39 is 0 Å². The van der Waals surface area contributed by atoms with E-state index in [1.807, 2.05) is 0 Å². The Morgan fingerprint density at radius 3 is 2.20 bits per heavy atom. The van der Waals surface area contributed by atoms with Crippen LogP contribution in [0.3, 0.4) is 0 Å². The van der Waals surface area contributed by atoms with E-state index in [1.54, 1.807) is 19.1 Å².